The van der Waals surface area contributed by atoms with E-state index >= 15 is 0 Å². The van der Waals surface area contributed by atoms with E-state index in [1.165, 1.54) is 0 Å². The molecule has 0 bridgehead atoms. The Balaban J connectivity index is 2.05. The molecule has 1 saturated heterocycles. The van der Waals surface area contributed by atoms with Gasteiger partial charge in [0.25, 0.3) is 0 Å². The third kappa shape index (κ3) is 3.93. The van der Waals surface area contributed by atoms with Gasteiger partial charge in [0.2, 0.25) is 5.95 Å². The summed E-state index contributed by atoms with van der Waals surface area (Å²) in [6, 6.07) is 2.01. The van der Waals surface area contributed by atoms with Gasteiger partial charge in [-0.25, -0.2) is 4.98 Å². The Morgan fingerprint density at radius 3 is 2.50 bits per heavy atom. The lowest BCUT2D eigenvalue weighted by Gasteiger charge is -2.34. The number of aryl methyl sites for hydroxylation is 1. The maximum Gasteiger partial charge on any atom is 0.227 e. The summed E-state index contributed by atoms with van der Waals surface area (Å²) in [5.41, 5.74) is 1.01. The summed E-state index contributed by atoms with van der Waals surface area (Å²) in [7, 11) is 4.01. The van der Waals surface area contributed by atoms with Crippen molar-refractivity contribution in [3.8, 4) is 0 Å². The molecule has 6 heteroatoms. The first kappa shape index (κ1) is 15.3. The SMILES string of the molecule is C=C(Br)CN1CCN(c2nc(C)cc(N(C)C)n2)CC1. The fourth-order valence-electron chi connectivity index (χ4n) is 2.26. The summed E-state index contributed by atoms with van der Waals surface area (Å²) < 4.78 is 1.03. The monoisotopic (exact) mass is 339 g/mol. The molecule has 0 radical (unpaired) electrons. The van der Waals surface area contributed by atoms with Crippen LogP contribution in [0.1, 0.15) is 5.69 Å². The summed E-state index contributed by atoms with van der Waals surface area (Å²) in [6.45, 7) is 10.8. The zero-order chi connectivity index (χ0) is 14.7. The first-order valence-electron chi connectivity index (χ1n) is 6.79. The highest BCUT2D eigenvalue weighted by molar-refractivity contribution is 9.11. The maximum absolute atomic E-state index is 4.64. The van der Waals surface area contributed by atoms with Crippen molar-refractivity contribution in [2.75, 3.05) is 56.6 Å². The minimum atomic E-state index is 0.839. The molecule has 1 aliphatic rings. The van der Waals surface area contributed by atoms with Crippen molar-refractivity contribution in [1.29, 1.82) is 0 Å². The third-order valence-electron chi connectivity index (χ3n) is 3.34. The lowest BCUT2D eigenvalue weighted by Crippen LogP contribution is -2.47. The highest BCUT2D eigenvalue weighted by Crippen LogP contribution is 2.17. The average Bonchev–Trinajstić information content (AvgIpc) is 2.38. The third-order valence-corrected chi connectivity index (χ3v) is 3.59. The zero-order valence-electron chi connectivity index (χ0n) is 12.4. The van der Waals surface area contributed by atoms with E-state index in [1.54, 1.807) is 0 Å². The fraction of sp³-hybridized carbons (Fsp3) is 0.571. The van der Waals surface area contributed by atoms with Crippen LogP contribution >= 0.6 is 15.9 Å². The molecule has 1 aromatic rings. The predicted octanol–water partition coefficient (Wildman–Crippen LogP) is 1.88. The fourth-order valence-corrected chi connectivity index (χ4v) is 2.61. The van der Waals surface area contributed by atoms with E-state index in [0.29, 0.717) is 0 Å². The lowest BCUT2D eigenvalue weighted by atomic mass is 10.3. The van der Waals surface area contributed by atoms with Crippen LogP contribution in [0.2, 0.25) is 0 Å². The molecule has 5 nitrogen and oxygen atoms in total. The number of aromatic nitrogens is 2. The van der Waals surface area contributed by atoms with Crippen LogP contribution in [-0.2, 0) is 0 Å². The van der Waals surface area contributed by atoms with Crippen LogP contribution in [0.4, 0.5) is 11.8 Å². The smallest absolute Gasteiger partial charge is 0.227 e. The van der Waals surface area contributed by atoms with E-state index < -0.39 is 0 Å². The van der Waals surface area contributed by atoms with Crippen LogP contribution in [0.15, 0.2) is 17.1 Å². The Hall–Kier alpha value is -1.14. The number of rotatable bonds is 4. The van der Waals surface area contributed by atoms with Gasteiger partial charge in [-0.1, -0.05) is 22.5 Å². The predicted molar refractivity (Wildman–Crippen MR) is 87.8 cm³/mol. The van der Waals surface area contributed by atoms with E-state index in [2.05, 4.69) is 42.3 Å². The van der Waals surface area contributed by atoms with Crippen LogP contribution in [0.3, 0.4) is 0 Å². The van der Waals surface area contributed by atoms with Gasteiger partial charge in [-0.2, -0.15) is 4.98 Å². The summed E-state index contributed by atoms with van der Waals surface area (Å²) in [5.74, 6) is 1.80. The van der Waals surface area contributed by atoms with E-state index in [-0.39, 0.29) is 0 Å². The second-order valence-electron chi connectivity index (χ2n) is 5.34. The van der Waals surface area contributed by atoms with Crippen LogP contribution in [-0.4, -0.2) is 61.7 Å². The molecular formula is C14H22BrN5. The molecule has 0 aliphatic carbocycles. The molecule has 2 rings (SSSR count). The second kappa shape index (κ2) is 6.54. The van der Waals surface area contributed by atoms with E-state index in [0.717, 1.165) is 54.7 Å². The second-order valence-corrected chi connectivity index (χ2v) is 6.46. The van der Waals surface area contributed by atoms with Crippen molar-refractivity contribution >= 4 is 27.7 Å². The first-order chi connectivity index (χ1) is 9.45. The van der Waals surface area contributed by atoms with E-state index in [4.69, 9.17) is 0 Å². The highest BCUT2D eigenvalue weighted by atomic mass is 79.9. The van der Waals surface area contributed by atoms with Gasteiger partial charge in [-0.05, 0) is 6.92 Å². The minimum absolute atomic E-state index is 0.839. The van der Waals surface area contributed by atoms with Crippen LogP contribution in [0, 0.1) is 6.92 Å². The molecule has 0 amide bonds. The molecule has 0 unspecified atom stereocenters. The summed E-state index contributed by atoms with van der Waals surface area (Å²) in [6.07, 6.45) is 0. The Kier molecular flexibility index (Phi) is 4.99. The van der Waals surface area contributed by atoms with Crippen molar-refractivity contribution in [2.24, 2.45) is 0 Å². The van der Waals surface area contributed by atoms with Crippen molar-refractivity contribution in [1.82, 2.24) is 14.9 Å². The van der Waals surface area contributed by atoms with Crippen LogP contribution < -0.4 is 9.80 Å². The molecular weight excluding hydrogens is 318 g/mol. The molecule has 0 N–H and O–H groups in total. The largest absolute Gasteiger partial charge is 0.363 e. The average molecular weight is 340 g/mol. The van der Waals surface area contributed by atoms with Crippen LogP contribution in [0.5, 0.6) is 0 Å². The van der Waals surface area contributed by atoms with Gasteiger partial charge < -0.3 is 9.80 Å². The van der Waals surface area contributed by atoms with Gasteiger partial charge in [0.05, 0.1) is 0 Å². The number of nitrogens with zero attached hydrogens (tertiary/aromatic N) is 5. The van der Waals surface area contributed by atoms with E-state index in [1.807, 2.05) is 32.0 Å². The Labute approximate surface area is 129 Å². The lowest BCUT2D eigenvalue weighted by molar-refractivity contribution is 0.281. The topological polar surface area (TPSA) is 35.5 Å². The van der Waals surface area contributed by atoms with Gasteiger partial charge in [0.1, 0.15) is 5.82 Å². The maximum atomic E-state index is 4.64. The Morgan fingerprint density at radius 1 is 1.30 bits per heavy atom. The van der Waals surface area contributed by atoms with Crippen molar-refractivity contribution in [3.63, 3.8) is 0 Å². The molecule has 0 aromatic carbocycles. The zero-order valence-corrected chi connectivity index (χ0v) is 14.0. The van der Waals surface area contributed by atoms with Gasteiger partial charge in [0.15, 0.2) is 0 Å². The van der Waals surface area contributed by atoms with Crippen molar-refractivity contribution < 1.29 is 0 Å². The Morgan fingerprint density at radius 2 is 1.95 bits per heavy atom. The molecule has 0 spiro atoms. The molecule has 20 heavy (non-hydrogen) atoms. The molecule has 0 atom stereocenters. The summed E-state index contributed by atoms with van der Waals surface area (Å²) in [5, 5.41) is 0. The van der Waals surface area contributed by atoms with Gasteiger partial charge in [0, 0.05) is 63.1 Å². The van der Waals surface area contributed by atoms with Gasteiger partial charge in [-0.3, -0.25) is 4.90 Å². The molecule has 2 heterocycles. The normalized spacial score (nSPS) is 16.3. The van der Waals surface area contributed by atoms with E-state index in [9.17, 15) is 0 Å². The number of anilines is 2. The number of halogens is 1. The molecule has 0 saturated carbocycles. The summed E-state index contributed by atoms with van der Waals surface area (Å²) in [4.78, 5) is 15.9. The van der Waals surface area contributed by atoms with Gasteiger partial charge in [-0.15, -0.1) is 0 Å². The molecule has 1 fully saturated rings. The minimum Gasteiger partial charge on any atom is -0.363 e. The number of hydrogen-bond donors (Lipinski definition) is 0. The standard InChI is InChI=1S/C14H22BrN5/c1-11(15)10-19-5-7-20(8-6-19)14-16-12(2)9-13(17-14)18(3)4/h9H,1,5-8,10H2,2-4H3. The Bertz CT molecular complexity index is 480. The van der Waals surface area contributed by atoms with Crippen LogP contribution in [0.25, 0.3) is 0 Å². The number of piperazine rings is 1. The van der Waals surface area contributed by atoms with Crippen molar-refractivity contribution in [2.45, 2.75) is 6.92 Å². The number of hydrogen-bond acceptors (Lipinski definition) is 5. The molecule has 1 aliphatic heterocycles. The summed E-state index contributed by atoms with van der Waals surface area (Å²) >= 11 is 3.43. The molecule has 110 valence electrons. The van der Waals surface area contributed by atoms with Gasteiger partial charge >= 0.3 is 0 Å². The molecule has 1 aromatic heterocycles. The van der Waals surface area contributed by atoms with Crippen molar-refractivity contribution in [3.05, 3.63) is 22.8 Å². The highest BCUT2D eigenvalue weighted by Gasteiger charge is 2.19. The quantitative estimate of drug-likeness (QED) is 0.836. The first-order valence-corrected chi connectivity index (χ1v) is 7.58.